The van der Waals surface area contributed by atoms with Crippen LogP contribution in [0, 0.1) is 0 Å². The molecule has 0 aromatic carbocycles. The van der Waals surface area contributed by atoms with Crippen LogP contribution in [0.15, 0.2) is 0 Å². The highest BCUT2D eigenvalue weighted by Crippen LogP contribution is 2.13. The first-order valence-electron chi connectivity index (χ1n) is 12.6. The van der Waals surface area contributed by atoms with Gasteiger partial charge in [-0.3, -0.25) is 0 Å². The molecule has 1 nitrogen and oxygen atoms in total. The van der Waals surface area contributed by atoms with Crippen molar-refractivity contribution in [1.29, 1.82) is 0 Å². The second-order valence-corrected chi connectivity index (χ2v) is 8.50. The highest BCUT2D eigenvalue weighted by molar-refractivity contribution is 4.58. The smallest absolute Gasteiger partial charge is 0.00187 e. The predicted octanol–water partition coefficient (Wildman–Crippen LogP) is 8.76. The van der Waals surface area contributed by atoms with Gasteiger partial charge in [0, 0.05) is 0 Å². The van der Waals surface area contributed by atoms with Crippen LogP contribution < -0.4 is 0 Å². The summed E-state index contributed by atoms with van der Waals surface area (Å²) in [6.07, 6.45) is 27.4. The number of unbranched alkanes of at least 4 members (excludes halogenated alkanes) is 16. The first kappa shape index (κ1) is 26.0. The van der Waals surface area contributed by atoms with E-state index in [0.29, 0.717) is 0 Å². The van der Waals surface area contributed by atoms with Crippen LogP contribution in [0.5, 0.6) is 0 Å². The summed E-state index contributed by atoms with van der Waals surface area (Å²) < 4.78 is 0. The first-order valence-corrected chi connectivity index (χ1v) is 12.6. The highest BCUT2D eigenvalue weighted by Gasteiger charge is 2.03. The Balaban J connectivity index is 3.26. The molecule has 0 atom stereocenters. The van der Waals surface area contributed by atoms with Gasteiger partial charge in [0.15, 0.2) is 0 Å². The average molecular weight is 368 g/mol. The van der Waals surface area contributed by atoms with Gasteiger partial charge in [0.2, 0.25) is 0 Å². The van der Waals surface area contributed by atoms with Gasteiger partial charge in [-0.2, -0.15) is 0 Å². The Morgan fingerprint density at radius 1 is 0.308 bits per heavy atom. The summed E-state index contributed by atoms with van der Waals surface area (Å²) in [7, 11) is 0. The molecule has 0 rings (SSSR count). The van der Waals surface area contributed by atoms with Crippen molar-refractivity contribution < 1.29 is 0 Å². The normalized spacial score (nSPS) is 11.5. The quantitative estimate of drug-likeness (QED) is 0.173. The van der Waals surface area contributed by atoms with E-state index in [-0.39, 0.29) is 0 Å². The van der Waals surface area contributed by atoms with Crippen molar-refractivity contribution in [1.82, 2.24) is 4.90 Å². The maximum absolute atomic E-state index is 2.72. The van der Waals surface area contributed by atoms with Gasteiger partial charge in [-0.15, -0.1) is 0 Å². The largest absolute Gasteiger partial charge is 0.303 e. The summed E-state index contributed by atoms with van der Waals surface area (Å²) in [5, 5.41) is 0. The molecule has 1 heteroatoms. The molecule has 0 spiro atoms. The Bertz CT molecular complexity index is 230. The first-order chi connectivity index (χ1) is 12.8. The zero-order chi connectivity index (χ0) is 19.1. The minimum atomic E-state index is 1.33. The van der Waals surface area contributed by atoms with E-state index in [4.69, 9.17) is 0 Å². The van der Waals surface area contributed by atoms with E-state index in [1.165, 1.54) is 142 Å². The maximum Gasteiger partial charge on any atom is -0.00187 e. The van der Waals surface area contributed by atoms with Gasteiger partial charge < -0.3 is 4.90 Å². The molecule has 0 amide bonds. The van der Waals surface area contributed by atoms with Crippen molar-refractivity contribution in [3.05, 3.63) is 0 Å². The number of hydrogen-bond donors (Lipinski definition) is 0. The molecule has 26 heavy (non-hydrogen) atoms. The summed E-state index contributed by atoms with van der Waals surface area (Å²) in [5.41, 5.74) is 0. The van der Waals surface area contributed by atoms with Crippen LogP contribution in [0.2, 0.25) is 0 Å². The van der Waals surface area contributed by atoms with Gasteiger partial charge in [-0.25, -0.2) is 0 Å². The van der Waals surface area contributed by atoms with E-state index < -0.39 is 0 Å². The lowest BCUT2D eigenvalue weighted by molar-refractivity contribution is 0.259. The van der Waals surface area contributed by atoms with E-state index in [1.54, 1.807) is 0 Å². The van der Waals surface area contributed by atoms with Crippen LogP contribution in [0.1, 0.15) is 143 Å². The maximum atomic E-state index is 2.72. The topological polar surface area (TPSA) is 3.24 Å². The van der Waals surface area contributed by atoms with Crippen molar-refractivity contribution in [3.63, 3.8) is 0 Å². The fourth-order valence-electron chi connectivity index (χ4n) is 3.81. The van der Waals surface area contributed by atoms with E-state index in [9.17, 15) is 0 Å². The molecule has 0 saturated carbocycles. The van der Waals surface area contributed by atoms with E-state index in [0.717, 1.165) is 0 Å². The number of rotatable bonds is 22. The molecule has 0 aromatic heterocycles. The Morgan fingerprint density at radius 2 is 0.577 bits per heavy atom. The molecular weight excluding hydrogens is 314 g/mol. The molecule has 0 aliphatic rings. The summed E-state index contributed by atoms with van der Waals surface area (Å²) >= 11 is 0. The van der Waals surface area contributed by atoms with E-state index in [1.807, 2.05) is 0 Å². The third-order valence-corrected chi connectivity index (χ3v) is 5.73. The molecule has 0 aliphatic carbocycles. The lowest BCUT2D eigenvalue weighted by Gasteiger charge is -2.21. The molecule has 0 fully saturated rings. The van der Waals surface area contributed by atoms with Gasteiger partial charge in [-0.05, 0) is 38.9 Å². The van der Waals surface area contributed by atoms with Gasteiger partial charge >= 0.3 is 0 Å². The van der Waals surface area contributed by atoms with Crippen LogP contribution in [0.25, 0.3) is 0 Å². The molecule has 0 saturated heterocycles. The Hall–Kier alpha value is -0.0400. The minimum absolute atomic E-state index is 1.33. The molecular formula is C25H53N. The Labute approximate surface area is 167 Å². The molecule has 0 aliphatic heterocycles. The molecule has 0 N–H and O–H groups in total. The van der Waals surface area contributed by atoms with Crippen molar-refractivity contribution in [3.8, 4) is 0 Å². The lowest BCUT2D eigenvalue weighted by Crippen LogP contribution is -2.27. The average Bonchev–Trinajstić information content (AvgIpc) is 2.66. The van der Waals surface area contributed by atoms with E-state index in [2.05, 4.69) is 25.7 Å². The lowest BCUT2D eigenvalue weighted by atomic mass is 10.0. The summed E-state index contributed by atoms with van der Waals surface area (Å²) in [5.74, 6) is 0. The second-order valence-electron chi connectivity index (χ2n) is 8.50. The van der Waals surface area contributed by atoms with Crippen LogP contribution in [-0.4, -0.2) is 24.5 Å². The van der Waals surface area contributed by atoms with Gasteiger partial charge in [0.05, 0.1) is 0 Å². The SMILES string of the molecule is CCCCCCCCCCCCCCCCCN(CCCC)CCCC. The monoisotopic (exact) mass is 367 g/mol. The fraction of sp³-hybridized carbons (Fsp3) is 1.00. The molecule has 0 aromatic rings. The summed E-state index contributed by atoms with van der Waals surface area (Å²) in [6, 6.07) is 0. The predicted molar refractivity (Wildman–Crippen MR) is 121 cm³/mol. The van der Waals surface area contributed by atoms with Crippen molar-refractivity contribution in [2.45, 2.75) is 143 Å². The van der Waals surface area contributed by atoms with Crippen molar-refractivity contribution in [2.24, 2.45) is 0 Å². The fourth-order valence-corrected chi connectivity index (χ4v) is 3.81. The standard InChI is InChI=1S/C25H53N/c1-4-7-10-11-12-13-14-15-16-17-18-19-20-21-22-25-26(23-8-5-2)24-9-6-3/h4-25H2,1-3H3. The number of nitrogens with zero attached hydrogens (tertiary/aromatic N) is 1. The highest BCUT2D eigenvalue weighted by atomic mass is 15.1. The van der Waals surface area contributed by atoms with Crippen molar-refractivity contribution >= 4 is 0 Å². The number of hydrogen-bond acceptors (Lipinski definition) is 1. The van der Waals surface area contributed by atoms with Crippen LogP contribution in [-0.2, 0) is 0 Å². The summed E-state index contributed by atoms with van der Waals surface area (Å²) in [6.45, 7) is 10.9. The summed E-state index contributed by atoms with van der Waals surface area (Å²) in [4.78, 5) is 2.72. The van der Waals surface area contributed by atoms with Gasteiger partial charge in [-0.1, -0.05) is 124 Å². The van der Waals surface area contributed by atoms with Crippen molar-refractivity contribution in [2.75, 3.05) is 19.6 Å². The zero-order valence-corrected chi connectivity index (χ0v) is 19.0. The van der Waals surface area contributed by atoms with Crippen LogP contribution in [0.3, 0.4) is 0 Å². The molecule has 0 heterocycles. The Kier molecular flexibility index (Phi) is 23.0. The molecule has 0 radical (unpaired) electrons. The third-order valence-electron chi connectivity index (χ3n) is 5.73. The molecule has 0 bridgehead atoms. The van der Waals surface area contributed by atoms with Gasteiger partial charge in [0.25, 0.3) is 0 Å². The minimum Gasteiger partial charge on any atom is -0.303 e. The van der Waals surface area contributed by atoms with Crippen LogP contribution >= 0.6 is 0 Å². The molecule has 0 unspecified atom stereocenters. The van der Waals surface area contributed by atoms with Gasteiger partial charge in [0.1, 0.15) is 0 Å². The zero-order valence-electron chi connectivity index (χ0n) is 19.0. The van der Waals surface area contributed by atoms with E-state index >= 15 is 0 Å². The Morgan fingerprint density at radius 3 is 0.923 bits per heavy atom. The van der Waals surface area contributed by atoms with Crippen LogP contribution in [0.4, 0.5) is 0 Å². The second kappa shape index (κ2) is 23.0. The molecule has 158 valence electrons. The third kappa shape index (κ3) is 20.3.